The molecule has 0 heterocycles. The molecule has 0 aromatic carbocycles. The van der Waals surface area contributed by atoms with Crippen LogP contribution in [0.1, 0.15) is 26.7 Å². The fourth-order valence-electron chi connectivity index (χ4n) is 1.04. The summed E-state index contributed by atoms with van der Waals surface area (Å²) in [6, 6.07) is 0.336. The average Bonchev–Trinajstić information content (AvgIpc) is 2.82. The van der Waals surface area contributed by atoms with Gasteiger partial charge in [0, 0.05) is 17.7 Å². The molecule has 0 bridgehead atoms. The molecule has 3 heteroatoms. The monoisotopic (exact) mass is 187 g/mol. The lowest BCUT2D eigenvalue weighted by molar-refractivity contribution is -0.122. The maximum absolute atomic E-state index is 11.3. The predicted octanol–water partition coefficient (Wildman–Crippen LogP) is 1.65. The van der Waals surface area contributed by atoms with E-state index in [-0.39, 0.29) is 5.91 Å². The molecular weight excluding hydrogens is 170 g/mol. The van der Waals surface area contributed by atoms with E-state index in [9.17, 15) is 4.79 Å². The molecule has 0 aliphatic heterocycles. The summed E-state index contributed by atoms with van der Waals surface area (Å²) < 4.78 is 0. The molecule has 1 aliphatic carbocycles. The summed E-state index contributed by atoms with van der Waals surface area (Å²) in [5.41, 5.74) is 0. The fourth-order valence-corrected chi connectivity index (χ4v) is 1.72. The van der Waals surface area contributed by atoms with Gasteiger partial charge in [0.2, 0.25) is 5.91 Å². The SMILES string of the molecule is CCSCC(C)NC(=O)C1CC1. The number of rotatable bonds is 5. The van der Waals surface area contributed by atoms with Crippen LogP contribution in [0.2, 0.25) is 0 Å². The highest BCUT2D eigenvalue weighted by atomic mass is 32.2. The maximum atomic E-state index is 11.3. The standard InChI is InChI=1S/C9H17NOS/c1-3-12-6-7(2)10-9(11)8-4-5-8/h7-8H,3-6H2,1-2H3,(H,10,11). The largest absolute Gasteiger partial charge is 0.353 e. The van der Waals surface area contributed by atoms with Gasteiger partial charge < -0.3 is 5.32 Å². The van der Waals surface area contributed by atoms with E-state index in [2.05, 4.69) is 19.2 Å². The lowest BCUT2D eigenvalue weighted by Crippen LogP contribution is -2.35. The highest BCUT2D eigenvalue weighted by Crippen LogP contribution is 2.28. The summed E-state index contributed by atoms with van der Waals surface area (Å²) in [5.74, 6) is 2.77. The molecule has 1 amide bonds. The number of hydrogen-bond acceptors (Lipinski definition) is 2. The smallest absolute Gasteiger partial charge is 0.223 e. The second-order valence-electron chi connectivity index (χ2n) is 3.34. The zero-order chi connectivity index (χ0) is 8.97. The normalized spacial score (nSPS) is 18.8. The van der Waals surface area contributed by atoms with Crippen molar-refractivity contribution in [1.82, 2.24) is 5.32 Å². The third-order valence-corrected chi connectivity index (χ3v) is 3.05. The van der Waals surface area contributed by atoms with Crippen LogP contribution in [0, 0.1) is 5.92 Å². The summed E-state index contributed by atoms with van der Waals surface area (Å²) in [4.78, 5) is 11.3. The molecule has 1 fully saturated rings. The molecule has 0 spiro atoms. The quantitative estimate of drug-likeness (QED) is 0.709. The van der Waals surface area contributed by atoms with Crippen molar-refractivity contribution in [3.8, 4) is 0 Å². The average molecular weight is 187 g/mol. The molecule has 1 atom stereocenters. The third-order valence-electron chi connectivity index (χ3n) is 1.91. The second kappa shape index (κ2) is 4.75. The molecule has 0 saturated heterocycles. The predicted molar refractivity (Wildman–Crippen MR) is 53.3 cm³/mol. The Morgan fingerprint density at radius 1 is 1.67 bits per heavy atom. The van der Waals surface area contributed by atoms with E-state index in [0.717, 1.165) is 24.3 Å². The summed E-state index contributed by atoms with van der Waals surface area (Å²) in [6.07, 6.45) is 2.19. The minimum absolute atomic E-state index is 0.263. The van der Waals surface area contributed by atoms with Gasteiger partial charge in [-0.05, 0) is 25.5 Å². The van der Waals surface area contributed by atoms with Crippen molar-refractivity contribution >= 4 is 17.7 Å². The molecule has 1 rings (SSSR count). The number of carbonyl (C=O) groups is 1. The number of thioether (sulfide) groups is 1. The maximum Gasteiger partial charge on any atom is 0.223 e. The molecule has 1 N–H and O–H groups in total. The van der Waals surface area contributed by atoms with Crippen molar-refractivity contribution < 1.29 is 4.79 Å². The molecule has 70 valence electrons. The van der Waals surface area contributed by atoms with Gasteiger partial charge in [-0.25, -0.2) is 0 Å². The lowest BCUT2D eigenvalue weighted by atomic mass is 10.3. The summed E-state index contributed by atoms with van der Waals surface area (Å²) in [6.45, 7) is 4.21. The minimum atomic E-state index is 0.263. The van der Waals surface area contributed by atoms with Crippen molar-refractivity contribution in [2.75, 3.05) is 11.5 Å². The van der Waals surface area contributed by atoms with Gasteiger partial charge in [0.25, 0.3) is 0 Å². The van der Waals surface area contributed by atoms with E-state index in [0.29, 0.717) is 12.0 Å². The molecule has 0 aromatic heterocycles. The molecule has 2 nitrogen and oxygen atoms in total. The Labute approximate surface area is 78.5 Å². The van der Waals surface area contributed by atoms with E-state index in [1.165, 1.54) is 0 Å². The first-order valence-corrected chi connectivity index (χ1v) is 5.77. The van der Waals surface area contributed by atoms with Crippen LogP contribution in [0.5, 0.6) is 0 Å². The van der Waals surface area contributed by atoms with Crippen LogP contribution in [-0.2, 0) is 4.79 Å². The first-order chi connectivity index (χ1) is 5.74. The fraction of sp³-hybridized carbons (Fsp3) is 0.889. The van der Waals surface area contributed by atoms with Crippen molar-refractivity contribution in [3.63, 3.8) is 0 Å². The van der Waals surface area contributed by atoms with Crippen LogP contribution in [0.15, 0.2) is 0 Å². The van der Waals surface area contributed by atoms with Crippen LogP contribution >= 0.6 is 11.8 Å². The van der Waals surface area contributed by atoms with E-state index in [1.807, 2.05) is 11.8 Å². The van der Waals surface area contributed by atoms with E-state index < -0.39 is 0 Å². The topological polar surface area (TPSA) is 29.1 Å². The molecule has 0 aromatic rings. The highest BCUT2D eigenvalue weighted by Gasteiger charge is 2.29. The van der Waals surface area contributed by atoms with Crippen molar-refractivity contribution in [3.05, 3.63) is 0 Å². The Balaban J connectivity index is 2.07. The number of nitrogens with one attached hydrogen (secondary N) is 1. The van der Waals surface area contributed by atoms with Crippen LogP contribution in [0.4, 0.5) is 0 Å². The van der Waals surface area contributed by atoms with Gasteiger partial charge in [-0.2, -0.15) is 11.8 Å². The minimum Gasteiger partial charge on any atom is -0.353 e. The summed E-state index contributed by atoms with van der Waals surface area (Å²) in [5, 5.41) is 3.02. The zero-order valence-corrected chi connectivity index (χ0v) is 8.62. The second-order valence-corrected chi connectivity index (χ2v) is 4.66. The summed E-state index contributed by atoms with van der Waals surface area (Å²) >= 11 is 1.88. The van der Waals surface area contributed by atoms with Crippen molar-refractivity contribution in [1.29, 1.82) is 0 Å². The lowest BCUT2D eigenvalue weighted by Gasteiger charge is -2.12. The first kappa shape index (κ1) is 9.90. The third kappa shape index (κ3) is 3.48. The number of amides is 1. The van der Waals surface area contributed by atoms with Crippen LogP contribution in [-0.4, -0.2) is 23.5 Å². The van der Waals surface area contributed by atoms with Gasteiger partial charge in [-0.1, -0.05) is 6.92 Å². The van der Waals surface area contributed by atoms with E-state index >= 15 is 0 Å². The number of hydrogen-bond donors (Lipinski definition) is 1. The summed E-state index contributed by atoms with van der Waals surface area (Å²) in [7, 11) is 0. The first-order valence-electron chi connectivity index (χ1n) is 4.62. The molecule has 1 saturated carbocycles. The van der Waals surface area contributed by atoms with Gasteiger partial charge >= 0.3 is 0 Å². The molecular formula is C9H17NOS. The number of carbonyl (C=O) groups excluding carboxylic acids is 1. The Bertz CT molecular complexity index is 157. The zero-order valence-electron chi connectivity index (χ0n) is 7.80. The van der Waals surface area contributed by atoms with Crippen molar-refractivity contribution in [2.24, 2.45) is 5.92 Å². The highest BCUT2D eigenvalue weighted by molar-refractivity contribution is 7.99. The Morgan fingerprint density at radius 3 is 2.83 bits per heavy atom. The van der Waals surface area contributed by atoms with Gasteiger partial charge in [-0.15, -0.1) is 0 Å². The Morgan fingerprint density at radius 2 is 2.33 bits per heavy atom. The van der Waals surface area contributed by atoms with Gasteiger partial charge in [0.15, 0.2) is 0 Å². The molecule has 1 unspecified atom stereocenters. The van der Waals surface area contributed by atoms with Crippen LogP contribution in [0.3, 0.4) is 0 Å². The van der Waals surface area contributed by atoms with Crippen molar-refractivity contribution in [2.45, 2.75) is 32.7 Å². The Kier molecular flexibility index (Phi) is 3.92. The van der Waals surface area contributed by atoms with E-state index in [4.69, 9.17) is 0 Å². The van der Waals surface area contributed by atoms with E-state index in [1.54, 1.807) is 0 Å². The van der Waals surface area contributed by atoms with Gasteiger partial charge in [0.05, 0.1) is 0 Å². The molecule has 12 heavy (non-hydrogen) atoms. The van der Waals surface area contributed by atoms with Crippen LogP contribution in [0.25, 0.3) is 0 Å². The molecule has 1 aliphatic rings. The van der Waals surface area contributed by atoms with Crippen LogP contribution < -0.4 is 5.32 Å². The van der Waals surface area contributed by atoms with Gasteiger partial charge in [-0.3, -0.25) is 4.79 Å². The molecule has 0 radical (unpaired) electrons. The Hall–Kier alpha value is -0.180. The van der Waals surface area contributed by atoms with Gasteiger partial charge in [0.1, 0.15) is 0 Å².